The van der Waals surface area contributed by atoms with E-state index in [0.717, 1.165) is 44.9 Å². The fraction of sp³-hybridized carbons (Fsp3) is 0.133. The molecule has 4 heteroatoms. The Bertz CT molecular complexity index is 3190. The Morgan fingerprint density at radius 2 is 1.12 bits per heavy atom. The van der Waals surface area contributed by atoms with Gasteiger partial charge in [-0.25, -0.2) is 0 Å². The number of anilines is 4. The summed E-state index contributed by atoms with van der Waals surface area (Å²) in [5.74, 6) is 0. The van der Waals surface area contributed by atoms with Gasteiger partial charge in [0.2, 0.25) is 0 Å². The monoisotopic (exact) mass is 826 g/mol. The Balaban J connectivity index is 0.865. The molecule has 6 aromatic carbocycles. The van der Waals surface area contributed by atoms with Gasteiger partial charge in [-0.15, -0.1) is 0 Å². The minimum Gasteiger partial charge on any atom is -0.333 e. The number of nitrogens with zero attached hydrogens (tertiary/aromatic N) is 4. The molecule has 0 saturated carbocycles. The molecular formula is C60H50N4. The molecular weight excluding hydrogens is 777 g/mol. The van der Waals surface area contributed by atoms with Crippen molar-refractivity contribution in [3.8, 4) is 5.69 Å². The van der Waals surface area contributed by atoms with Crippen LogP contribution in [-0.4, -0.2) is 10.6 Å². The van der Waals surface area contributed by atoms with Crippen molar-refractivity contribution in [1.82, 2.24) is 4.57 Å². The Kier molecular flexibility index (Phi) is 9.71. The van der Waals surface area contributed by atoms with Crippen LogP contribution in [0.1, 0.15) is 50.5 Å². The summed E-state index contributed by atoms with van der Waals surface area (Å²) < 4.78 is 2.40. The zero-order valence-corrected chi connectivity index (χ0v) is 36.0. The van der Waals surface area contributed by atoms with Gasteiger partial charge in [0.15, 0.2) is 0 Å². The topological polar surface area (TPSA) is 14.7 Å². The van der Waals surface area contributed by atoms with Crippen molar-refractivity contribution in [2.75, 3.05) is 14.7 Å². The predicted octanol–water partition coefficient (Wildman–Crippen LogP) is 15.4. The van der Waals surface area contributed by atoms with Crippen LogP contribution < -0.4 is 14.7 Å². The van der Waals surface area contributed by atoms with E-state index < -0.39 is 0 Å². The summed E-state index contributed by atoms with van der Waals surface area (Å²) in [6, 6.07) is 57.6. The number of allylic oxidation sites excluding steroid dienone is 12. The largest absolute Gasteiger partial charge is 0.333 e. The van der Waals surface area contributed by atoms with Crippen LogP contribution in [0.2, 0.25) is 0 Å². The molecule has 1 aromatic heterocycles. The molecule has 1 atom stereocenters. The molecule has 2 heterocycles. The molecule has 4 aliphatic carbocycles. The lowest BCUT2D eigenvalue weighted by atomic mass is 9.88. The molecule has 7 aromatic rings. The first-order valence-electron chi connectivity index (χ1n) is 23.0. The molecule has 0 fully saturated rings. The van der Waals surface area contributed by atoms with Crippen molar-refractivity contribution >= 4 is 50.1 Å². The fourth-order valence-electron chi connectivity index (χ4n) is 10.8. The van der Waals surface area contributed by atoms with Crippen LogP contribution in [0.3, 0.4) is 0 Å². The number of benzene rings is 6. The van der Waals surface area contributed by atoms with Crippen LogP contribution in [0.5, 0.6) is 0 Å². The molecule has 0 N–H and O–H groups in total. The van der Waals surface area contributed by atoms with Gasteiger partial charge in [-0.2, -0.15) is 0 Å². The summed E-state index contributed by atoms with van der Waals surface area (Å²) >= 11 is 0. The maximum atomic E-state index is 2.53. The van der Waals surface area contributed by atoms with E-state index in [0.29, 0.717) is 0 Å². The average molecular weight is 827 g/mol. The molecule has 310 valence electrons. The van der Waals surface area contributed by atoms with E-state index >= 15 is 0 Å². The molecule has 1 aliphatic heterocycles. The SMILES string of the molecule is C1=CC(N(C2=CC=C(C3=CC=C(N(C4=CCC5C(=C4)c4ccccc4N5c4ccccc4)c4ccccc4)CC3)CC2)c2ccc3c(c2)c2ccccc2n3-c2ccccc2)=CCC1. The number of aromatic nitrogens is 1. The van der Waals surface area contributed by atoms with E-state index in [9.17, 15) is 0 Å². The maximum Gasteiger partial charge on any atom is 0.0634 e. The van der Waals surface area contributed by atoms with E-state index in [1.165, 1.54) is 95.3 Å². The van der Waals surface area contributed by atoms with E-state index in [2.05, 4.69) is 232 Å². The maximum absolute atomic E-state index is 2.53. The Morgan fingerprint density at radius 3 is 1.83 bits per heavy atom. The Labute approximate surface area is 376 Å². The van der Waals surface area contributed by atoms with Crippen molar-refractivity contribution in [2.24, 2.45) is 0 Å². The first-order valence-corrected chi connectivity index (χ1v) is 23.0. The molecule has 0 spiro atoms. The third-order valence-corrected chi connectivity index (χ3v) is 13.7. The molecule has 4 nitrogen and oxygen atoms in total. The van der Waals surface area contributed by atoms with Crippen molar-refractivity contribution in [3.63, 3.8) is 0 Å². The number of fused-ring (bicyclic) bond motifs is 6. The highest BCUT2D eigenvalue weighted by molar-refractivity contribution is 6.10. The van der Waals surface area contributed by atoms with Gasteiger partial charge in [0.25, 0.3) is 0 Å². The van der Waals surface area contributed by atoms with Gasteiger partial charge in [-0.3, -0.25) is 0 Å². The third-order valence-electron chi connectivity index (χ3n) is 13.7. The third kappa shape index (κ3) is 6.69. The molecule has 0 amide bonds. The normalized spacial score (nSPS) is 18.0. The van der Waals surface area contributed by atoms with Gasteiger partial charge < -0.3 is 19.3 Å². The smallest absolute Gasteiger partial charge is 0.0634 e. The lowest BCUT2D eigenvalue weighted by molar-refractivity contribution is 0.801. The van der Waals surface area contributed by atoms with Gasteiger partial charge in [-0.1, -0.05) is 121 Å². The minimum atomic E-state index is 0.273. The number of rotatable bonds is 9. The summed E-state index contributed by atoms with van der Waals surface area (Å²) in [5.41, 5.74) is 19.4. The van der Waals surface area contributed by atoms with Crippen molar-refractivity contribution in [2.45, 2.75) is 51.0 Å². The Morgan fingerprint density at radius 1 is 0.484 bits per heavy atom. The Hall–Kier alpha value is -7.56. The highest BCUT2D eigenvalue weighted by Crippen LogP contribution is 2.49. The summed E-state index contributed by atoms with van der Waals surface area (Å²) in [7, 11) is 0. The van der Waals surface area contributed by atoms with Gasteiger partial charge in [0.1, 0.15) is 0 Å². The van der Waals surface area contributed by atoms with Crippen LogP contribution >= 0.6 is 0 Å². The summed E-state index contributed by atoms with van der Waals surface area (Å²) in [6.45, 7) is 0. The average Bonchev–Trinajstić information content (AvgIpc) is 3.88. The van der Waals surface area contributed by atoms with E-state index in [1.54, 1.807) is 0 Å². The van der Waals surface area contributed by atoms with Crippen LogP contribution in [0.25, 0.3) is 33.1 Å². The predicted molar refractivity (Wildman–Crippen MR) is 269 cm³/mol. The van der Waals surface area contributed by atoms with Crippen LogP contribution in [0.4, 0.5) is 22.7 Å². The molecule has 0 bridgehead atoms. The lowest BCUT2D eigenvalue weighted by Crippen LogP contribution is -2.30. The zero-order chi connectivity index (χ0) is 42.4. The standard InChI is InChI=1S/C60H50N4/c1-5-17-45(18-6-1)61(51-37-39-59-55(41-51)53-25-13-15-27-57(53)63(59)47-21-9-3-10-22-47)49-33-29-43(30-34-49)44-31-35-50(36-32-44)62(46-19-7-2-8-20-46)52-38-40-60-56(42-52)54-26-14-16-28-58(54)64(60)48-23-11-4-12-24-48/h1,3-7,9-29,31,33,35,37-38,40-42,59H,2,8,30,32,34,36,39H2. The zero-order valence-electron chi connectivity index (χ0n) is 36.0. The van der Waals surface area contributed by atoms with Crippen LogP contribution in [0.15, 0.2) is 246 Å². The van der Waals surface area contributed by atoms with Crippen molar-refractivity contribution < 1.29 is 0 Å². The summed E-state index contributed by atoms with van der Waals surface area (Å²) in [5, 5.41) is 2.55. The highest BCUT2D eigenvalue weighted by Gasteiger charge is 2.37. The van der Waals surface area contributed by atoms with Crippen molar-refractivity contribution in [3.05, 3.63) is 252 Å². The van der Waals surface area contributed by atoms with Gasteiger partial charge in [0.05, 0.1) is 17.1 Å². The molecule has 0 radical (unpaired) electrons. The molecule has 12 rings (SSSR count). The van der Waals surface area contributed by atoms with E-state index in [4.69, 9.17) is 0 Å². The number of para-hydroxylation sites is 5. The molecule has 5 aliphatic rings. The van der Waals surface area contributed by atoms with Crippen LogP contribution in [0, 0.1) is 0 Å². The van der Waals surface area contributed by atoms with Gasteiger partial charge in [-0.05, 0) is 153 Å². The second-order valence-electron chi connectivity index (χ2n) is 17.4. The number of hydrogen-bond acceptors (Lipinski definition) is 3. The van der Waals surface area contributed by atoms with Gasteiger partial charge in [0, 0.05) is 67.6 Å². The highest BCUT2D eigenvalue weighted by atomic mass is 15.2. The van der Waals surface area contributed by atoms with E-state index in [-0.39, 0.29) is 6.04 Å². The number of hydrogen-bond donors (Lipinski definition) is 0. The lowest BCUT2D eigenvalue weighted by Gasteiger charge is -2.35. The first-order chi connectivity index (χ1) is 31.8. The summed E-state index contributed by atoms with van der Waals surface area (Å²) in [4.78, 5) is 7.55. The quantitative estimate of drug-likeness (QED) is 0.144. The minimum absolute atomic E-state index is 0.273. The van der Waals surface area contributed by atoms with Crippen LogP contribution in [-0.2, 0) is 0 Å². The molecule has 1 unspecified atom stereocenters. The second kappa shape index (κ2) is 16.3. The second-order valence-corrected chi connectivity index (χ2v) is 17.4. The summed E-state index contributed by atoms with van der Waals surface area (Å²) in [6.07, 6.45) is 28.6. The first kappa shape index (κ1) is 38.1. The van der Waals surface area contributed by atoms with Gasteiger partial charge >= 0.3 is 0 Å². The molecule has 0 saturated heterocycles. The molecule has 64 heavy (non-hydrogen) atoms. The van der Waals surface area contributed by atoms with E-state index in [1.807, 2.05) is 0 Å². The van der Waals surface area contributed by atoms with Crippen molar-refractivity contribution in [1.29, 1.82) is 0 Å². The fourth-order valence-corrected chi connectivity index (χ4v) is 10.8.